The van der Waals surface area contributed by atoms with Crippen LogP contribution >= 0.6 is 0 Å². The predicted octanol–water partition coefficient (Wildman–Crippen LogP) is 3.14. The summed E-state index contributed by atoms with van der Waals surface area (Å²) in [6, 6.07) is 17.5. The van der Waals surface area contributed by atoms with Crippen molar-refractivity contribution in [2.75, 3.05) is 0 Å². The van der Waals surface area contributed by atoms with Crippen LogP contribution in [0.15, 0.2) is 54.6 Å². The van der Waals surface area contributed by atoms with Gasteiger partial charge in [-0.05, 0) is 17.7 Å². The van der Waals surface area contributed by atoms with Crippen molar-refractivity contribution in [1.82, 2.24) is 20.3 Å². The van der Waals surface area contributed by atoms with Gasteiger partial charge in [0.2, 0.25) is 5.91 Å². The van der Waals surface area contributed by atoms with Gasteiger partial charge in [-0.25, -0.2) is 4.68 Å². The second kappa shape index (κ2) is 5.83. The molecule has 0 saturated heterocycles. The van der Waals surface area contributed by atoms with E-state index in [4.69, 9.17) is 0 Å². The molecule has 3 aromatic rings. The van der Waals surface area contributed by atoms with Gasteiger partial charge in [0, 0.05) is 5.41 Å². The number of para-hydroxylation sites is 1. The van der Waals surface area contributed by atoms with Gasteiger partial charge >= 0.3 is 0 Å². The molecule has 0 radical (unpaired) electrons. The minimum atomic E-state index is -0.483. The topological polar surface area (TPSA) is 59.8 Å². The van der Waals surface area contributed by atoms with Crippen LogP contribution in [0, 0.1) is 5.41 Å². The molecule has 0 bridgehead atoms. The minimum absolute atomic E-state index is 0.0362. The van der Waals surface area contributed by atoms with E-state index in [0.29, 0.717) is 0 Å². The van der Waals surface area contributed by atoms with Crippen molar-refractivity contribution in [2.24, 2.45) is 5.41 Å². The molecule has 1 aromatic heterocycles. The van der Waals surface area contributed by atoms with E-state index >= 15 is 0 Å². The molecular weight excluding hydrogens is 288 g/mol. The zero-order valence-electron chi connectivity index (χ0n) is 13.5. The first-order valence-electron chi connectivity index (χ1n) is 7.62. The standard InChI is InChI=1S/C18H20N4O/c1-18(2,3)17(23)19-16(13-9-5-4-6-10-13)22-15-12-8-7-11-14(15)20-21-22/h4-12,16H,1-3H3,(H,19,23)/t16-/m0/s1. The van der Waals surface area contributed by atoms with Gasteiger partial charge in [0.1, 0.15) is 5.52 Å². The molecule has 1 amide bonds. The van der Waals surface area contributed by atoms with Crippen molar-refractivity contribution in [3.63, 3.8) is 0 Å². The quantitative estimate of drug-likeness (QED) is 0.808. The highest BCUT2D eigenvalue weighted by atomic mass is 16.2. The molecule has 1 N–H and O–H groups in total. The molecule has 0 aliphatic carbocycles. The predicted molar refractivity (Wildman–Crippen MR) is 89.7 cm³/mol. The first-order valence-corrected chi connectivity index (χ1v) is 7.62. The number of hydrogen-bond donors (Lipinski definition) is 1. The fraction of sp³-hybridized carbons (Fsp3) is 0.278. The van der Waals surface area contributed by atoms with Crippen LogP contribution in [-0.2, 0) is 4.79 Å². The maximum atomic E-state index is 12.5. The molecule has 0 unspecified atom stereocenters. The highest BCUT2D eigenvalue weighted by molar-refractivity contribution is 5.82. The van der Waals surface area contributed by atoms with E-state index in [1.807, 2.05) is 75.4 Å². The smallest absolute Gasteiger partial charge is 0.227 e. The average Bonchev–Trinajstić information content (AvgIpc) is 2.96. The summed E-state index contributed by atoms with van der Waals surface area (Å²) in [5.41, 5.74) is 2.17. The van der Waals surface area contributed by atoms with Crippen molar-refractivity contribution in [1.29, 1.82) is 0 Å². The highest BCUT2D eigenvalue weighted by Crippen LogP contribution is 2.22. The Morgan fingerprint density at radius 1 is 1.04 bits per heavy atom. The summed E-state index contributed by atoms with van der Waals surface area (Å²) in [6.45, 7) is 5.68. The minimum Gasteiger partial charge on any atom is -0.330 e. The van der Waals surface area contributed by atoms with Gasteiger partial charge in [-0.1, -0.05) is 68.4 Å². The summed E-state index contributed by atoms with van der Waals surface area (Å²) in [5.74, 6) is -0.0362. The van der Waals surface area contributed by atoms with Crippen LogP contribution in [0.2, 0.25) is 0 Å². The lowest BCUT2D eigenvalue weighted by Gasteiger charge is -2.25. The summed E-state index contributed by atoms with van der Waals surface area (Å²) in [6.07, 6.45) is -0.393. The van der Waals surface area contributed by atoms with Crippen LogP contribution < -0.4 is 5.32 Å². The van der Waals surface area contributed by atoms with Crippen molar-refractivity contribution >= 4 is 16.9 Å². The summed E-state index contributed by atoms with van der Waals surface area (Å²) >= 11 is 0. The summed E-state index contributed by atoms with van der Waals surface area (Å²) in [5, 5.41) is 11.5. The maximum Gasteiger partial charge on any atom is 0.227 e. The van der Waals surface area contributed by atoms with Crippen LogP contribution in [0.1, 0.15) is 32.5 Å². The van der Waals surface area contributed by atoms with Crippen LogP contribution in [0.25, 0.3) is 11.0 Å². The molecule has 23 heavy (non-hydrogen) atoms. The molecule has 118 valence electrons. The van der Waals surface area contributed by atoms with E-state index in [1.54, 1.807) is 4.68 Å². The van der Waals surface area contributed by atoms with E-state index in [-0.39, 0.29) is 5.91 Å². The van der Waals surface area contributed by atoms with Gasteiger partial charge in [0.05, 0.1) is 5.52 Å². The molecule has 0 spiro atoms. The zero-order chi connectivity index (χ0) is 16.4. The third kappa shape index (κ3) is 3.08. The Morgan fingerprint density at radius 3 is 2.39 bits per heavy atom. The normalized spacial score (nSPS) is 13.0. The van der Waals surface area contributed by atoms with E-state index in [0.717, 1.165) is 16.6 Å². The molecule has 1 atom stereocenters. The number of aromatic nitrogens is 3. The van der Waals surface area contributed by atoms with Crippen molar-refractivity contribution < 1.29 is 4.79 Å². The number of hydrogen-bond acceptors (Lipinski definition) is 3. The first-order chi connectivity index (χ1) is 11.0. The molecule has 0 fully saturated rings. The van der Waals surface area contributed by atoms with Gasteiger partial charge in [0.15, 0.2) is 6.17 Å². The lowest BCUT2D eigenvalue weighted by atomic mass is 9.95. The number of benzene rings is 2. The Morgan fingerprint density at radius 2 is 1.70 bits per heavy atom. The lowest BCUT2D eigenvalue weighted by Crippen LogP contribution is -2.40. The Bertz CT molecular complexity index is 818. The Hall–Kier alpha value is -2.69. The first kappa shape index (κ1) is 15.2. The summed E-state index contributed by atoms with van der Waals surface area (Å²) < 4.78 is 1.76. The Kier molecular flexibility index (Phi) is 3.86. The zero-order valence-corrected chi connectivity index (χ0v) is 13.5. The summed E-state index contributed by atoms with van der Waals surface area (Å²) in [4.78, 5) is 12.5. The third-order valence-corrected chi connectivity index (χ3v) is 3.69. The second-order valence-electron chi connectivity index (χ2n) is 6.56. The number of nitrogens with one attached hydrogen (secondary N) is 1. The molecular formula is C18H20N4O. The fourth-order valence-electron chi connectivity index (χ4n) is 2.34. The van der Waals surface area contributed by atoms with Gasteiger partial charge in [-0.15, -0.1) is 5.10 Å². The second-order valence-corrected chi connectivity index (χ2v) is 6.56. The molecule has 0 saturated carbocycles. The summed E-state index contributed by atoms with van der Waals surface area (Å²) in [7, 11) is 0. The van der Waals surface area contributed by atoms with E-state index in [1.165, 1.54) is 0 Å². The Labute approximate surface area is 135 Å². The van der Waals surface area contributed by atoms with Gasteiger partial charge in [-0.2, -0.15) is 0 Å². The van der Waals surface area contributed by atoms with E-state index in [2.05, 4.69) is 15.6 Å². The Balaban J connectivity index is 2.07. The number of carbonyl (C=O) groups excluding carboxylic acids is 1. The highest BCUT2D eigenvalue weighted by Gasteiger charge is 2.26. The lowest BCUT2D eigenvalue weighted by molar-refractivity contribution is -0.129. The van der Waals surface area contributed by atoms with Crippen LogP contribution in [-0.4, -0.2) is 20.9 Å². The number of fused-ring (bicyclic) bond motifs is 1. The average molecular weight is 308 g/mol. The van der Waals surface area contributed by atoms with Crippen LogP contribution in [0.3, 0.4) is 0 Å². The van der Waals surface area contributed by atoms with Crippen molar-refractivity contribution in [2.45, 2.75) is 26.9 Å². The maximum absolute atomic E-state index is 12.5. The monoisotopic (exact) mass is 308 g/mol. The van der Waals surface area contributed by atoms with Crippen molar-refractivity contribution in [3.05, 3.63) is 60.2 Å². The molecule has 0 aliphatic rings. The molecule has 2 aromatic carbocycles. The number of rotatable bonds is 3. The van der Waals surface area contributed by atoms with Crippen LogP contribution in [0.4, 0.5) is 0 Å². The largest absolute Gasteiger partial charge is 0.330 e. The van der Waals surface area contributed by atoms with Gasteiger partial charge in [-0.3, -0.25) is 4.79 Å². The van der Waals surface area contributed by atoms with E-state index < -0.39 is 11.6 Å². The van der Waals surface area contributed by atoms with Gasteiger partial charge in [0.25, 0.3) is 0 Å². The van der Waals surface area contributed by atoms with E-state index in [9.17, 15) is 4.79 Å². The molecule has 0 aliphatic heterocycles. The number of carbonyl (C=O) groups is 1. The molecule has 1 heterocycles. The molecule has 5 nitrogen and oxygen atoms in total. The molecule has 5 heteroatoms. The fourth-order valence-corrected chi connectivity index (χ4v) is 2.34. The SMILES string of the molecule is CC(C)(C)C(=O)N[C@H](c1ccccc1)n1nnc2ccccc21. The third-order valence-electron chi connectivity index (χ3n) is 3.69. The van der Waals surface area contributed by atoms with Gasteiger partial charge < -0.3 is 5.32 Å². The van der Waals surface area contributed by atoms with Crippen LogP contribution in [0.5, 0.6) is 0 Å². The number of nitrogens with zero attached hydrogens (tertiary/aromatic N) is 3. The number of amides is 1. The molecule has 3 rings (SSSR count). The van der Waals surface area contributed by atoms with Crippen molar-refractivity contribution in [3.8, 4) is 0 Å².